The highest BCUT2D eigenvalue weighted by atomic mass is 35.5. The molecule has 0 bridgehead atoms. The number of hydrogen-bond donors (Lipinski definition) is 3. The molecule has 3 N–H and O–H groups in total. The third kappa shape index (κ3) is 4.51. The quantitative estimate of drug-likeness (QED) is 0.233. The lowest BCUT2D eigenvalue weighted by Gasteiger charge is -2.11. The van der Waals surface area contributed by atoms with Crippen molar-refractivity contribution in [3.63, 3.8) is 0 Å². The second-order valence-corrected chi connectivity index (χ2v) is 5.78. The zero-order chi connectivity index (χ0) is 20.1. The van der Waals surface area contributed by atoms with Crippen LogP contribution in [0.1, 0.15) is 0 Å². The van der Waals surface area contributed by atoms with Crippen molar-refractivity contribution in [2.75, 3.05) is 18.5 Å². The summed E-state index contributed by atoms with van der Waals surface area (Å²) in [7, 11) is 0. The lowest BCUT2D eigenvalue weighted by atomic mass is 10.2. The van der Waals surface area contributed by atoms with E-state index in [4.69, 9.17) is 21.4 Å². The summed E-state index contributed by atoms with van der Waals surface area (Å²) in [5, 5.41) is 25.9. The molecule has 0 unspecified atom stereocenters. The average molecular weight is 405 g/mol. The Morgan fingerprint density at radius 2 is 2.11 bits per heavy atom. The maximum Gasteiger partial charge on any atom is 0.404 e. The molecule has 3 aromatic rings. The topological polar surface area (TPSA) is 152 Å². The molecule has 0 aliphatic heterocycles. The van der Waals surface area contributed by atoms with Crippen LogP contribution in [-0.4, -0.2) is 44.2 Å². The number of aromatic nitrogens is 3. The first-order chi connectivity index (χ1) is 13.4. The van der Waals surface area contributed by atoms with E-state index in [2.05, 4.69) is 25.6 Å². The van der Waals surface area contributed by atoms with Crippen molar-refractivity contribution in [2.24, 2.45) is 0 Å². The van der Waals surface area contributed by atoms with Gasteiger partial charge in [-0.15, -0.1) is 0 Å². The minimum atomic E-state index is -1.21. The zero-order valence-corrected chi connectivity index (χ0v) is 14.9. The molecule has 0 radical (unpaired) electrons. The molecule has 28 heavy (non-hydrogen) atoms. The lowest BCUT2D eigenvalue weighted by molar-refractivity contribution is -0.385. The van der Waals surface area contributed by atoms with Gasteiger partial charge in [0.1, 0.15) is 23.9 Å². The molecule has 0 aliphatic rings. The predicted molar refractivity (Wildman–Crippen MR) is 100 cm³/mol. The van der Waals surface area contributed by atoms with Crippen LogP contribution in [0.15, 0.2) is 36.8 Å². The van der Waals surface area contributed by atoms with E-state index in [9.17, 15) is 14.9 Å². The number of benzene rings is 1. The van der Waals surface area contributed by atoms with E-state index < -0.39 is 11.0 Å². The van der Waals surface area contributed by atoms with Crippen LogP contribution in [0.2, 0.25) is 5.15 Å². The van der Waals surface area contributed by atoms with Crippen LogP contribution in [0, 0.1) is 10.1 Å². The molecule has 0 saturated carbocycles. The van der Waals surface area contributed by atoms with Gasteiger partial charge in [-0.3, -0.25) is 10.1 Å². The summed E-state index contributed by atoms with van der Waals surface area (Å²) < 4.78 is 5.36. The van der Waals surface area contributed by atoms with Crippen LogP contribution in [-0.2, 0) is 0 Å². The fourth-order valence-electron chi connectivity index (χ4n) is 2.34. The summed E-state index contributed by atoms with van der Waals surface area (Å²) >= 11 is 5.76. The fourth-order valence-corrected chi connectivity index (χ4v) is 2.45. The molecule has 0 aliphatic carbocycles. The number of fused-ring (bicyclic) bond motifs is 1. The molecule has 0 saturated heterocycles. The molecule has 0 fully saturated rings. The molecular weight excluding hydrogens is 392 g/mol. The average Bonchev–Trinajstić information content (AvgIpc) is 2.66. The van der Waals surface area contributed by atoms with Gasteiger partial charge in [-0.25, -0.2) is 19.7 Å². The van der Waals surface area contributed by atoms with E-state index in [0.717, 1.165) is 0 Å². The van der Waals surface area contributed by atoms with Crippen molar-refractivity contribution >= 4 is 45.8 Å². The van der Waals surface area contributed by atoms with Crippen LogP contribution >= 0.6 is 11.6 Å². The zero-order valence-electron chi connectivity index (χ0n) is 14.1. The van der Waals surface area contributed by atoms with Gasteiger partial charge < -0.3 is 20.5 Å². The standard InChI is InChI=1S/C16H13ClN6O5/c17-14-2-1-9(7-19-14)22-15-10-5-12(23(26)27)13(6-11(10)20-8-21-15)28-4-3-18-16(24)25/h1-2,5-8,18H,3-4H2,(H,24,25)(H,20,21,22). The van der Waals surface area contributed by atoms with Crippen molar-refractivity contribution in [2.45, 2.75) is 0 Å². The molecule has 144 valence electrons. The number of amides is 1. The number of pyridine rings is 1. The van der Waals surface area contributed by atoms with Crippen molar-refractivity contribution in [1.29, 1.82) is 0 Å². The third-order valence-electron chi connectivity index (χ3n) is 3.54. The number of nitro benzene ring substituents is 1. The molecule has 2 aromatic heterocycles. The van der Waals surface area contributed by atoms with E-state index in [0.29, 0.717) is 27.6 Å². The number of nitrogens with zero attached hydrogens (tertiary/aromatic N) is 4. The fraction of sp³-hybridized carbons (Fsp3) is 0.125. The minimum Gasteiger partial charge on any atom is -0.485 e. The third-order valence-corrected chi connectivity index (χ3v) is 3.76. The van der Waals surface area contributed by atoms with Gasteiger partial charge in [0, 0.05) is 12.1 Å². The highest BCUT2D eigenvalue weighted by Crippen LogP contribution is 2.34. The number of carbonyl (C=O) groups is 1. The SMILES string of the molecule is O=C(O)NCCOc1cc2ncnc(Nc3ccc(Cl)nc3)c2cc1[N+](=O)[O-]. The Morgan fingerprint density at radius 3 is 2.79 bits per heavy atom. The smallest absolute Gasteiger partial charge is 0.404 e. The van der Waals surface area contributed by atoms with E-state index in [1.54, 1.807) is 12.1 Å². The number of ether oxygens (including phenoxy) is 1. The van der Waals surface area contributed by atoms with E-state index >= 15 is 0 Å². The molecule has 12 heteroatoms. The second-order valence-electron chi connectivity index (χ2n) is 5.39. The van der Waals surface area contributed by atoms with Gasteiger partial charge in [0.25, 0.3) is 0 Å². The van der Waals surface area contributed by atoms with Gasteiger partial charge in [-0.05, 0) is 12.1 Å². The number of halogens is 1. The summed E-state index contributed by atoms with van der Waals surface area (Å²) in [6.07, 6.45) is 1.59. The van der Waals surface area contributed by atoms with Crippen LogP contribution < -0.4 is 15.4 Å². The van der Waals surface area contributed by atoms with E-state index in [-0.39, 0.29) is 24.6 Å². The Morgan fingerprint density at radius 1 is 1.29 bits per heavy atom. The molecule has 3 rings (SSSR count). The van der Waals surface area contributed by atoms with Gasteiger partial charge in [-0.1, -0.05) is 11.6 Å². The van der Waals surface area contributed by atoms with Gasteiger partial charge in [0.15, 0.2) is 5.75 Å². The van der Waals surface area contributed by atoms with Gasteiger partial charge in [0.2, 0.25) is 0 Å². The highest BCUT2D eigenvalue weighted by molar-refractivity contribution is 6.29. The maximum absolute atomic E-state index is 11.4. The summed E-state index contributed by atoms with van der Waals surface area (Å²) in [5.41, 5.74) is 0.702. The monoisotopic (exact) mass is 404 g/mol. The van der Waals surface area contributed by atoms with Crippen LogP contribution in [0.25, 0.3) is 10.9 Å². The van der Waals surface area contributed by atoms with Crippen LogP contribution in [0.4, 0.5) is 22.0 Å². The number of nitrogens with one attached hydrogen (secondary N) is 2. The minimum absolute atomic E-state index is 0.0231. The van der Waals surface area contributed by atoms with Gasteiger partial charge in [-0.2, -0.15) is 0 Å². The second kappa shape index (κ2) is 8.31. The van der Waals surface area contributed by atoms with Crippen LogP contribution in [0.5, 0.6) is 5.75 Å². The Hall–Kier alpha value is -3.73. The molecule has 11 nitrogen and oxygen atoms in total. The summed E-state index contributed by atoms with van der Waals surface area (Å²) in [6, 6.07) is 5.97. The first kappa shape index (κ1) is 19.0. The number of rotatable bonds is 7. The van der Waals surface area contributed by atoms with Crippen molar-refractivity contribution in [1.82, 2.24) is 20.3 Å². The highest BCUT2D eigenvalue weighted by Gasteiger charge is 2.19. The van der Waals surface area contributed by atoms with Gasteiger partial charge in [0.05, 0.1) is 34.3 Å². The van der Waals surface area contributed by atoms with E-state index in [1.165, 1.54) is 24.7 Å². The largest absolute Gasteiger partial charge is 0.485 e. The predicted octanol–water partition coefficient (Wildman–Crippen LogP) is 2.98. The van der Waals surface area contributed by atoms with Crippen molar-refractivity contribution in [3.8, 4) is 5.75 Å². The van der Waals surface area contributed by atoms with Crippen molar-refractivity contribution in [3.05, 3.63) is 52.1 Å². The Balaban J connectivity index is 1.92. The Kier molecular flexibility index (Phi) is 5.65. The maximum atomic E-state index is 11.4. The normalized spacial score (nSPS) is 10.5. The number of hydrogen-bond acceptors (Lipinski definition) is 8. The Labute approximate surface area is 162 Å². The number of carboxylic acid groups (broad SMARTS) is 1. The lowest BCUT2D eigenvalue weighted by Crippen LogP contribution is -2.26. The van der Waals surface area contributed by atoms with E-state index in [1.807, 2.05) is 0 Å². The molecule has 0 spiro atoms. The number of anilines is 2. The molecule has 1 aromatic carbocycles. The van der Waals surface area contributed by atoms with Crippen molar-refractivity contribution < 1.29 is 19.6 Å². The first-order valence-electron chi connectivity index (χ1n) is 7.85. The molecular formula is C16H13ClN6O5. The summed E-state index contributed by atoms with van der Waals surface area (Å²) in [4.78, 5) is 33.5. The summed E-state index contributed by atoms with van der Waals surface area (Å²) in [5.74, 6) is 0.318. The molecule has 1 amide bonds. The first-order valence-corrected chi connectivity index (χ1v) is 8.23. The number of nitro groups is 1. The summed E-state index contributed by atoms with van der Waals surface area (Å²) in [6.45, 7) is -0.101. The Bertz CT molecular complexity index is 1030. The molecule has 2 heterocycles. The molecule has 0 atom stereocenters. The van der Waals surface area contributed by atoms with Crippen LogP contribution in [0.3, 0.4) is 0 Å². The van der Waals surface area contributed by atoms with Gasteiger partial charge >= 0.3 is 11.8 Å².